The Kier molecular flexibility index (Phi) is 8.30. The maximum Gasteiger partial charge on any atom is 0.400 e. The Hall–Kier alpha value is -2.56. The van der Waals surface area contributed by atoms with Gasteiger partial charge in [0.1, 0.15) is 11.6 Å². The third kappa shape index (κ3) is 6.18. The second-order valence-electron chi connectivity index (χ2n) is 11.4. The molecule has 5 rings (SSSR count). The summed E-state index contributed by atoms with van der Waals surface area (Å²) in [7, 11) is 0. The van der Waals surface area contributed by atoms with E-state index in [4.69, 9.17) is 19.5 Å². The highest BCUT2D eigenvalue weighted by atomic mass is 19.3. The minimum atomic E-state index is -3.23. The van der Waals surface area contributed by atoms with Gasteiger partial charge in [-0.2, -0.15) is 14.0 Å². The van der Waals surface area contributed by atoms with Crippen molar-refractivity contribution in [2.24, 2.45) is 23.7 Å². The average molecular weight is 528 g/mol. The lowest BCUT2D eigenvalue weighted by atomic mass is 9.68. The molecule has 0 bridgehead atoms. The molecule has 0 atom stereocenters. The molecule has 3 aliphatic rings. The van der Waals surface area contributed by atoms with Crippen molar-refractivity contribution in [3.05, 3.63) is 65.0 Å². The third-order valence-corrected chi connectivity index (χ3v) is 8.72. The molecule has 38 heavy (non-hydrogen) atoms. The lowest BCUT2D eigenvalue weighted by Crippen LogP contribution is -2.38. The van der Waals surface area contributed by atoms with E-state index >= 15 is 4.39 Å². The molecule has 2 aromatic carbocycles. The smallest absolute Gasteiger partial charge is 0.400 e. The van der Waals surface area contributed by atoms with E-state index in [0.29, 0.717) is 49.4 Å². The number of rotatable bonds is 6. The van der Waals surface area contributed by atoms with Crippen LogP contribution >= 0.6 is 0 Å². The van der Waals surface area contributed by atoms with Crippen molar-refractivity contribution in [3.8, 4) is 11.8 Å². The summed E-state index contributed by atoms with van der Waals surface area (Å²) in [5.41, 5.74) is 1.90. The Balaban J connectivity index is 1.10. The highest BCUT2D eigenvalue weighted by molar-refractivity contribution is 5.34. The predicted octanol–water partition coefficient (Wildman–Crippen LogP) is 8.13. The molecule has 0 spiro atoms. The first-order chi connectivity index (χ1) is 18.3. The molecule has 0 amide bonds. The van der Waals surface area contributed by atoms with E-state index in [0.717, 1.165) is 49.7 Å². The minimum Gasteiger partial charge on any atom is -0.432 e. The SMILES string of the molecule is CC1COC(c2ccc(C3CCC(C4CCC(C(F)(F)Oc5ccc(C#N)cc5)CC4)CC3)c(F)c2)OC1. The van der Waals surface area contributed by atoms with E-state index in [1.54, 1.807) is 6.07 Å². The van der Waals surface area contributed by atoms with Crippen LogP contribution in [-0.4, -0.2) is 19.3 Å². The Labute approximate surface area is 223 Å². The van der Waals surface area contributed by atoms with Gasteiger partial charge in [0, 0.05) is 11.5 Å². The van der Waals surface area contributed by atoms with Gasteiger partial charge < -0.3 is 14.2 Å². The number of nitrogens with zero attached hydrogens (tertiary/aromatic N) is 1. The van der Waals surface area contributed by atoms with Crippen LogP contribution in [0.25, 0.3) is 0 Å². The van der Waals surface area contributed by atoms with E-state index in [2.05, 4.69) is 6.92 Å². The molecule has 2 aromatic rings. The van der Waals surface area contributed by atoms with Gasteiger partial charge in [-0.25, -0.2) is 4.39 Å². The van der Waals surface area contributed by atoms with Crippen LogP contribution in [0, 0.1) is 40.8 Å². The lowest BCUT2D eigenvalue weighted by molar-refractivity contribution is -0.224. The number of nitriles is 1. The summed E-state index contributed by atoms with van der Waals surface area (Å²) in [5.74, 6) is 0.569. The molecule has 1 heterocycles. The van der Waals surface area contributed by atoms with E-state index in [9.17, 15) is 8.78 Å². The van der Waals surface area contributed by atoms with E-state index in [1.165, 1.54) is 24.3 Å². The minimum absolute atomic E-state index is 0.0862. The van der Waals surface area contributed by atoms with Gasteiger partial charge in [0.15, 0.2) is 6.29 Å². The molecule has 3 fully saturated rings. The Morgan fingerprint density at radius 3 is 2.05 bits per heavy atom. The number of ether oxygens (including phenoxy) is 3. The second kappa shape index (κ2) is 11.7. The molecule has 0 radical (unpaired) electrons. The fraction of sp³-hybridized carbons (Fsp3) is 0.581. The van der Waals surface area contributed by atoms with Gasteiger partial charge in [0.05, 0.1) is 30.8 Å². The zero-order valence-corrected chi connectivity index (χ0v) is 21.9. The zero-order chi connectivity index (χ0) is 26.7. The van der Waals surface area contributed by atoms with Crippen LogP contribution in [0.2, 0.25) is 0 Å². The standard InChI is InChI=1S/C31H36F3NO3/c1-20-18-36-30(37-19-20)25-10-15-28(29(32)16-25)24-6-4-22(5-7-24)23-8-11-26(12-9-23)31(33,34)38-27-13-2-21(17-35)3-14-27/h2-3,10,13-16,20,22-24,26,30H,4-9,11-12,18-19H2,1H3. The molecule has 0 unspecified atom stereocenters. The number of halogens is 3. The van der Waals surface area contributed by atoms with Gasteiger partial charge in [-0.3, -0.25) is 0 Å². The normalized spacial score (nSPS) is 30.4. The Bertz CT molecular complexity index is 1110. The Morgan fingerprint density at radius 1 is 0.868 bits per heavy atom. The van der Waals surface area contributed by atoms with Crippen LogP contribution in [0.4, 0.5) is 13.2 Å². The molecule has 0 N–H and O–H groups in total. The van der Waals surface area contributed by atoms with E-state index in [1.807, 2.05) is 18.2 Å². The van der Waals surface area contributed by atoms with E-state index in [-0.39, 0.29) is 17.5 Å². The molecule has 204 valence electrons. The van der Waals surface area contributed by atoms with Gasteiger partial charge in [0.2, 0.25) is 0 Å². The largest absolute Gasteiger partial charge is 0.432 e. The summed E-state index contributed by atoms with van der Waals surface area (Å²) in [6.45, 7) is 3.29. The number of alkyl halides is 2. The molecule has 7 heteroatoms. The van der Waals surface area contributed by atoms with Crippen molar-refractivity contribution >= 4 is 0 Å². The second-order valence-corrected chi connectivity index (χ2v) is 11.4. The number of hydrogen-bond acceptors (Lipinski definition) is 4. The lowest BCUT2D eigenvalue weighted by Gasteiger charge is -2.39. The van der Waals surface area contributed by atoms with Crippen molar-refractivity contribution in [3.63, 3.8) is 0 Å². The van der Waals surface area contributed by atoms with Crippen LogP contribution < -0.4 is 4.74 Å². The fourth-order valence-electron chi connectivity index (χ4n) is 6.48. The molecule has 0 aromatic heterocycles. The van der Waals surface area contributed by atoms with Crippen molar-refractivity contribution in [1.82, 2.24) is 0 Å². The highest BCUT2D eigenvalue weighted by Gasteiger charge is 2.45. The van der Waals surface area contributed by atoms with Crippen LogP contribution in [0.15, 0.2) is 42.5 Å². The summed E-state index contributed by atoms with van der Waals surface area (Å²) in [4.78, 5) is 0. The first-order valence-electron chi connectivity index (χ1n) is 13.9. The maximum absolute atomic E-state index is 15.1. The molecule has 1 aliphatic heterocycles. The molecule has 2 aliphatic carbocycles. The van der Waals surface area contributed by atoms with Gasteiger partial charge in [0.25, 0.3) is 0 Å². The van der Waals surface area contributed by atoms with Crippen molar-refractivity contribution in [1.29, 1.82) is 5.26 Å². The summed E-state index contributed by atoms with van der Waals surface area (Å²) < 4.78 is 61.2. The number of hydrogen-bond donors (Lipinski definition) is 0. The van der Waals surface area contributed by atoms with Gasteiger partial charge >= 0.3 is 6.11 Å². The summed E-state index contributed by atoms with van der Waals surface area (Å²) >= 11 is 0. The number of benzene rings is 2. The molecule has 4 nitrogen and oxygen atoms in total. The van der Waals surface area contributed by atoms with Crippen LogP contribution in [0.1, 0.15) is 87.2 Å². The van der Waals surface area contributed by atoms with Crippen molar-refractivity contribution in [2.75, 3.05) is 13.2 Å². The van der Waals surface area contributed by atoms with Gasteiger partial charge in [-0.15, -0.1) is 0 Å². The maximum atomic E-state index is 15.1. The van der Waals surface area contributed by atoms with E-state index < -0.39 is 18.3 Å². The molecular weight excluding hydrogens is 491 g/mol. The fourth-order valence-corrected chi connectivity index (χ4v) is 6.48. The van der Waals surface area contributed by atoms with Crippen LogP contribution in [0.3, 0.4) is 0 Å². The first-order valence-corrected chi connectivity index (χ1v) is 13.9. The first kappa shape index (κ1) is 27.0. The average Bonchev–Trinajstić information content (AvgIpc) is 2.94. The summed E-state index contributed by atoms with van der Waals surface area (Å²) in [5, 5.41) is 8.88. The summed E-state index contributed by atoms with van der Waals surface area (Å²) in [6, 6.07) is 13.2. The quantitative estimate of drug-likeness (QED) is 0.381. The zero-order valence-electron chi connectivity index (χ0n) is 21.9. The van der Waals surface area contributed by atoms with Gasteiger partial charge in [-0.1, -0.05) is 19.1 Å². The third-order valence-electron chi connectivity index (χ3n) is 8.72. The Morgan fingerprint density at radius 2 is 1.47 bits per heavy atom. The monoisotopic (exact) mass is 527 g/mol. The molecule has 1 saturated heterocycles. The van der Waals surface area contributed by atoms with Crippen molar-refractivity contribution in [2.45, 2.75) is 76.6 Å². The summed E-state index contributed by atoms with van der Waals surface area (Å²) in [6.07, 6.45) is 2.55. The topological polar surface area (TPSA) is 51.5 Å². The molecular formula is C31H36F3NO3. The molecule has 2 saturated carbocycles. The van der Waals surface area contributed by atoms with Crippen LogP contribution in [-0.2, 0) is 9.47 Å². The highest BCUT2D eigenvalue weighted by Crippen LogP contribution is 2.47. The van der Waals surface area contributed by atoms with Gasteiger partial charge in [-0.05, 0) is 105 Å². The van der Waals surface area contributed by atoms with Crippen LogP contribution in [0.5, 0.6) is 5.75 Å². The van der Waals surface area contributed by atoms with Crippen molar-refractivity contribution < 1.29 is 27.4 Å². The predicted molar refractivity (Wildman–Crippen MR) is 137 cm³/mol.